The molecule has 1 saturated heterocycles. The van der Waals surface area contributed by atoms with E-state index >= 15 is 0 Å². The zero-order chi connectivity index (χ0) is 10.7. The van der Waals surface area contributed by atoms with Gasteiger partial charge < -0.3 is 15.5 Å². The molecular weight excluding hydrogens is 182 g/mol. The lowest BCUT2D eigenvalue weighted by Crippen LogP contribution is -2.37. The van der Waals surface area contributed by atoms with Gasteiger partial charge in [0.25, 0.3) is 0 Å². The number of nitrogens with zero attached hydrogens (tertiary/aromatic N) is 2. The van der Waals surface area contributed by atoms with Gasteiger partial charge >= 0.3 is 0 Å². The van der Waals surface area contributed by atoms with Gasteiger partial charge in [-0.3, -0.25) is 9.59 Å². The molecule has 5 heteroatoms. The molecule has 2 N–H and O–H groups in total. The molecule has 0 aliphatic carbocycles. The third kappa shape index (κ3) is 2.70. The summed E-state index contributed by atoms with van der Waals surface area (Å²) in [5.74, 6) is -0.384. The van der Waals surface area contributed by atoms with E-state index in [-0.39, 0.29) is 17.7 Å². The molecule has 1 atom stereocenters. The minimum atomic E-state index is -0.301. The molecule has 1 unspecified atom stereocenters. The Morgan fingerprint density at radius 1 is 1.50 bits per heavy atom. The summed E-state index contributed by atoms with van der Waals surface area (Å²) in [7, 11) is 3.69. The average molecular weight is 199 g/mol. The minimum Gasteiger partial charge on any atom is -0.369 e. The molecule has 0 aromatic carbocycles. The molecule has 14 heavy (non-hydrogen) atoms. The summed E-state index contributed by atoms with van der Waals surface area (Å²) in [4.78, 5) is 25.9. The predicted molar refractivity (Wildman–Crippen MR) is 52.4 cm³/mol. The van der Waals surface area contributed by atoms with Crippen LogP contribution in [-0.4, -0.2) is 55.3 Å². The van der Waals surface area contributed by atoms with Gasteiger partial charge in [-0.25, -0.2) is 0 Å². The largest absolute Gasteiger partial charge is 0.369 e. The first kappa shape index (κ1) is 11.0. The van der Waals surface area contributed by atoms with Crippen molar-refractivity contribution in [2.45, 2.75) is 6.42 Å². The van der Waals surface area contributed by atoms with Crippen LogP contribution in [0.15, 0.2) is 0 Å². The van der Waals surface area contributed by atoms with Crippen LogP contribution in [0.4, 0.5) is 0 Å². The monoisotopic (exact) mass is 199 g/mol. The van der Waals surface area contributed by atoms with Crippen LogP contribution in [0.1, 0.15) is 6.42 Å². The van der Waals surface area contributed by atoms with Gasteiger partial charge in [-0.15, -0.1) is 0 Å². The lowest BCUT2D eigenvalue weighted by atomic mass is 10.1. The second kappa shape index (κ2) is 4.41. The molecule has 0 aromatic rings. The van der Waals surface area contributed by atoms with E-state index in [0.29, 0.717) is 26.1 Å². The maximum absolute atomic E-state index is 11.6. The van der Waals surface area contributed by atoms with E-state index in [9.17, 15) is 9.59 Å². The third-order valence-electron chi connectivity index (χ3n) is 2.39. The molecule has 2 amide bonds. The predicted octanol–water partition coefficient (Wildman–Crippen LogP) is -1.12. The molecule has 0 radical (unpaired) electrons. The highest BCUT2D eigenvalue weighted by atomic mass is 16.2. The van der Waals surface area contributed by atoms with Crippen LogP contribution in [0.2, 0.25) is 0 Å². The lowest BCUT2D eigenvalue weighted by molar-refractivity contribution is -0.131. The minimum absolute atomic E-state index is 0.0683. The summed E-state index contributed by atoms with van der Waals surface area (Å²) in [5, 5.41) is 0. The maximum atomic E-state index is 11.6. The highest BCUT2D eigenvalue weighted by Gasteiger charge is 2.29. The van der Waals surface area contributed by atoms with Gasteiger partial charge in [0.15, 0.2) is 0 Å². The summed E-state index contributed by atoms with van der Waals surface area (Å²) in [6.45, 7) is 1.54. The molecule has 0 aromatic heterocycles. The highest BCUT2D eigenvalue weighted by Crippen LogP contribution is 2.15. The first-order valence-electron chi connectivity index (χ1n) is 4.72. The molecule has 80 valence electrons. The average Bonchev–Trinajstić information content (AvgIpc) is 2.50. The van der Waals surface area contributed by atoms with Gasteiger partial charge in [0.2, 0.25) is 11.8 Å². The van der Waals surface area contributed by atoms with Gasteiger partial charge in [0, 0.05) is 13.1 Å². The summed E-state index contributed by atoms with van der Waals surface area (Å²) < 4.78 is 0. The SMILES string of the molecule is CN(C)CC(=O)N1CCC(C(N)=O)C1. The fourth-order valence-corrected chi connectivity index (χ4v) is 1.59. The number of amides is 2. The number of nitrogens with two attached hydrogens (primary N) is 1. The van der Waals surface area contributed by atoms with Crippen LogP contribution in [0.5, 0.6) is 0 Å². The quantitative estimate of drug-likeness (QED) is 0.626. The smallest absolute Gasteiger partial charge is 0.236 e. The number of likely N-dealkylation sites (N-methyl/N-ethyl adjacent to an activating group) is 1. The molecule has 0 spiro atoms. The summed E-state index contributed by atoms with van der Waals surface area (Å²) in [6.07, 6.45) is 0.703. The Bertz CT molecular complexity index is 240. The molecule has 0 bridgehead atoms. The van der Waals surface area contributed by atoms with Crippen LogP contribution in [0.25, 0.3) is 0 Å². The van der Waals surface area contributed by atoms with Gasteiger partial charge in [-0.1, -0.05) is 0 Å². The van der Waals surface area contributed by atoms with Crippen molar-refractivity contribution < 1.29 is 9.59 Å². The summed E-state index contributed by atoms with van der Waals surface area (Å²) >= 11 is 0. The topological polar surface area (TPSA) is 66.6 Å². The van der Waals surface area contributed by atoms with Crippen molar-refractivity contribution in [3.63, 3.8) is 0 Å². The number of rotatable bonds is 3. The Balaban J connectivity index is 2.42. The number of hydrogen-bond acceptors (Lipinski definition) is 3. The molecule has 5 nitrogen and oxygen atoms in total. The fraction of sp³-hybridized carbons (Fsp3) is 0.778. The standard InChI is InChI=1S/C9H17N3O2/c1-11(2)6-8(13)12-4-3-7(5-12)9(10)14/h7H,3-6H2,1-2H3,(H2,10,14). The van der Waals surface area contributed by atoms with Crippen LogP contribution < -0.4 is 5.73 Å². The maximum Gasteiger partial charge on any atom is 0.236 e. The van der Waals surface area contributed by atoms with Crippen molar-refractivity contribution in [1.82, 2.24) is 9.80 Å². The van der Waals surface area contributed by atoms with Crippen LogP contribution in [0.3, 0.4) is 0 Å². The molecular formula is C9H17N3O2. The Morgan fingerprint density at radius 2 is 2.14 bits per heavy atom. The summed E-state index contributed by atoms with van der Waals surface area (Å²) in [5.41, 5.74) is 5.17. The van der Waals surface area contributed by atoms with E-state index in [0.717, 1.165) is 0 Å². The Labute approximate surface area is 83.8 Å². The molecule has 1 aliphatic heterocycles. The number of primary amides is 1. The summed E-state index contributed by atoms with van der Waals surface area (Å²) in [6, 6.07) is 0. The molecule has 1 rings (SSSR count). The van der Waals surface area contributed by atoms with E-state index in [1.54, 1.807) is 4.90 Å². The van der Waals surface area contributed by atoms with E-state index in [1.165, 1.54) is 0 Å². The van der Waals surface area contributed by atoms with E-state index in [1.807, 2.05) is 19.0 Å². The van der Waals surface area contributed by atoms with Gasteiger partial charge in [0.1, 0.15) is 0 Å². The van der Waals surface area contributed by atoms with Crippen molar-refractivity contribution in [1.29, 1.82) is 0 Å². The Hall–Kier alpha value is -1.10. The van der Waals surface area contributed by atoms with E-state index in [2.05, 4.69) is 0 Å². The second-order valence-corrected chi connectivity index (χ2v) is 3.97. The van der Waals surface area contributed by atoms with Crippen molar-refractivity contribution in [3.05, 3.63) is 0 Å². The van der Waals surface area contributed by atoms with Crippen molar-refractivity contribution in [2.75, 3.05) is 33.7 Å². The number of likely N-dealkylation sites (tertiary alicyclic amines) is 1. The van der Waals surface area contributed by atoms with Crippen molar-refractivity contribution in [3.8, 4) is 0 Å². The van der Waals surface area contributed by atoms with Crippen LogP contribution in [0, 0.1) is 5.92 Å². The zero-order valence-corrected chi connectivity index (χ0v) is 8.69. The number of carbonyl (C=O) groups excluding carboxylic acids is 2. The number of carbonyl (C=O) groups is 2. The fourth-order valence-electron chi connectivity index (χ4n) is 1.59. The van der Waals surface area contributed by atoms with Gasteiger partial charge in [0.05, 0.1) is 12.5 Å². The third-order valence-corrected chi connectivity index (χ3v) is 2.39. The second-order valence-electron chi connectivity index (χ2n) is 3.97. The van der Waals surface area contributed by atoms with Crippen LogP contribution >= 0.6 is 0 Å². The Morgan fingerprint density at radius 3 is 2.57 bits per heavy atom. The first-order valence-corrected chi connectivity index (χ1v) is 4.72. The Kier molecular flexibility index (Phi) is 3.46. The normalized spacial score (nSPS) is 21.6. The molecule has 0 saturated carbocycles. The lowest BCUT2D eigenvalue weighted by Gasteiger charge is -2.18. The van der Waals surface area contributed by atoms with Gasteiger partial charge in [-0.05, 0) is 20.5 Å². The molecule has 1 heterocycles. The van der Waals surface area contributed by atoms with Gasteiger partial charge in [-0.2, -0.15) is 0 Å². The van der Waals surface area contributed by atoms with E-state index in [4.69, 9.17) is 5.73 Å². The first-order chi connectivity index (χ1) is 6.50. The van der Waals surface area contributed by atoms with Crippen LogP contribution in [-0.2, 0) is 9.59 Å². The molecule has 1 aliphatic rings. The van der Waals surface area contributed by atoms with Crippen molar-refractivity contribution in [2.24, 2.45) is 11.7 Å². The zero-order valence-electron chi connectivity index (χ0n) is 8.69. The van der Waals surface area contributed by atoms with Crippen molar-refractivity contribution >= 4 is 11.8 Å². The molecule has 1 fully saturated rings. The van der Waals surface area contributed by atoms with E-state index < -0.39 is 0 Å². The highest BCUT2D eigenvalue weighted by molar-refractivity contribution is 5.82. The number of hydrogen-bond donors (Lipinski definition) is 1.